The maximum absolute atomic E-state index is 12.5. The minimum Gasteiger partial charge on any atom is -0.469 e. The van der Waals surface area contributed by atoms with E-state index in [1.165, 1.54) is 24.7 Å². The van der Waals surface area contributed by atoms with Gasteiger partial charge in [-0.05, 0) is 35.9 Å². The predicted octanol–water partition coefficient (Wildman–Crippen LogP) is 4.38. The third-order valence-corrected chi connectivity index (χ3v) is 5.48. The molecule has 0 bridgehead atoms. The van der Waals surface area contributed by atoms with Crippen molar-refractivity contribution in [2.45, 2.75) is 13.3 Å². The number of anilines is 1. The number of nitrogens with one attached hydrogen (secondary N) is 1. The van der Waals surface area contributed by atoms with Gasteiger partial charge in [0.25, 0.3) is 5.91 Å². The lowest BCUT2D eigenvalue weighted by Crippen LogP contribution is -2.15. The van der Waals surface area contributed by atoms with Crippen LogP contribution in [-0.2, 0) is 16.0 Å². The summed E-state index contributed by atoms with van der Waals surface area (Å²) >= 11 is 1.19. The predicted molar refractivity (Wildman–Crippen MR) is 118 cm³/mol. The topological polar surface area (TPSA) is 108 Å². The van der Waals surface area contributed by atoms with Crippen LogP contribution in [0.1, 0.15) is 32.2 Å². The Hall–Kier alpha value is -3.98. The molecule has 4 rings (SSSR count). The summed E-state index contributed by atoms with van der Waals surface area (Å²) in [5, 5.41) is 6.31. The van der Waals surface area contributed by atoms with Crippen LogP contribution in [0.25, 0.3) is 10.8 Å². The molecule has 0 saturated heterocycles. The number of carbonyl (C=O) groups is 3. The smallest absolute Gasteiger partial charge is 0.341 e. The summed E-state index contributed by atoms with van der Waals surface area (Å²) in [6.07, 6.45) is 1.30. The molecule has 32 heavy (non-hydrogen) atoms. The van der Waals surface area contributed by atoms with Crippen LogP contribution in [0.3, 0.4) is 0 Å². The Labute approximate surface area is 186 Å². The van der Waals surface area contributed by atoms with Crippen molar-refractivity contribution in [1.82, 2.24) is 4.98 Å². The molecule has 0 atom stereocenters. The average Bonchev–Trinajstić information content (AvgIpc) is 3.41. The molecule has 2 aromatic carbocycles. The minimum absolute atomic E-state index is 0.111. The summed E-state index contributed by atoms with van der Waals surface area (Å²) in [4.78, 5) is 41.2. The lowest BCUT2D eigenvalue weighted by atomic mass is 10.1. The average molecular weight is 450 g/mol. The van der Waals surface area contributed by atoms with Gasteiger partial charge in [0.2, 0.25) is 0 Å². The lowest BCUT2D eigenvalue weighted by Gasteiger charge is -2.10. The molecule has 0 saturated carbocycles. The first kappa shape index (κ1) is 21.3. The second-order valence-corrected chi connectivity index (χ2v) is 7.68. The van der Waals surface area contributed by atoms with Crippen LogP contribution >= 0.6 is 11.3 Å². The number of aryl methyl sites for hydroxylation is 1. The number of fused-ring (bicyclic) bond motifs is 1. The van der Waals surface area contributed by atoms with Gasteiger partial charge >= 0.3 is 11.9 Å². The highest BCUT2D eigenvalue weighted by Gasteiger charge is 2.19. The van der Waals surface area contributed by atoms with Crippen molar-refractivity contribution < 1.29 is 28.3 Å². The van der Waals surface area contributed by atoms with Crippen molar-refractivity contribution in [1.29, 1.82) is 0 Å². The molecular formula is C23H18N2O6S. The molecule has 162 valence electrons. The minimum atomic E-state index is -0.605. The maximum atomic E-state index is 12.5. The molecule has 1 amide bonds. The van der Waals surface area contributed by atoms with Gasteiger partial charge in [0, 0.05) is 5.38 Å². The molecule has 0 spiro atoms. The first-order valence-corrected chi connectivity index (χ1v) is 10.4. The Balaban J connectivity index is 1.47. The summed E-state index contributed by atoms with van der Waals surface area (Å²) in [5.41, 5.74) is 0.994. The Bertz CT molecular complexity index is 1320. The van der Waals surface area contributed by atoms with E-state index in [-0.39, 0.29) is 23.6 Å². The second kappa shape index (κ2) is 9.03. The van der Waals surface area contributed by atoms with E-state index in [0.29, 0.717) is 22.1 Å². The normalized spacial score (nSPS) is 10.7. The van der Waals surface area contributed by atoms with Crippen LogP contribution in [0.15, 0.2) is 58.5 Å². The Morgan fingerprint density at radius 2 is 1.84 bits per heavy atom. The summed E-state index contributed by atoms with van der Waals surface area (Å²) < 4.78 is 15.4. The highest BCUT2D eigenvalue weighted by atomic mass is 32.1. The quantitative estimate of drug-likeness (QED) is 0.343. The molecule has 9 heteroatoms. The number of ether oxygens (including phenoxy) is 2. The number of nitrogens with zero attached hydrogens (tertiary/aromatic N) is 1. The first-order valence-electron chi connectivity index (χ1n) is 9.56. The molecule has 2 aromatic heterocycles. The number of hydrogen-bond donors (Lipinski definition) is 1. The summed E-state index contributed by atoms with van der Waals surface area (Å²) in [7, 11) is 1.26. The first-order chi connectivity index (χ1) is 15.4. The zero-order valence-electron chi connectivity index (χ0n) is 17.2. The van der Waals surface area contributed by atoms with E-state index in [2.05, 4.69) is 10.3 Å². The van der Waals surface area contributed by atoms with Gasteiger partial charge in [-0.3, -0.25) is 14.9 Å². The Morgan fingerprint density at radius 3 is 2.53 bits per heavy atom. The number of aromatic nitrogens is 1. The van der Waals surface area contributed by atoms with Gasteiger partial charge < -0.3 is 13.9 Å². The molecule has 8 nitrogen and oxygen atoms in total. The second-order valence-electron chi connectivity index (χ2n) is 6.83. The van der Waals surface area contributed by atoms with Crippen molar-refractivity contribution in [2.24, 2.45) is 0 Å². The van der Waals surface area contributed by atoms with Crippen LogP contribution in [0.2, 0.25) is 0 Å². The number of thiazole rings is 1. The van der Waals surface area contributed by atoms with Crippen molar-refractivity contribution in [3.63, 3.8) is 0 Å². The zero-order valence-corrected chi connectivity index (χ0v) is 18.0. The van der Waals surface area contributed by atoms with Gasteiger partial charge in [0.15, 0.2) is 5.13 Å². The van der Waals surface area contributed by atoms with Crippen molar-refractivity contribution in [2.75, 3.05) is 12.4 Å². The molecule has 0 unspecified atom stereocenters. The van der Waals surface area contributed by atoms with Crippen LogP contribution in [0.4, 0.5) is 5.13 Å². The number of amides is 1. The standard InChI is InChI=1S/C23H18N2O6S/c1-13-17(7-8-30-13)21(27)25-23-24-16(12-32-23)11-20(26)31-19-10-15-6-4-3-5-14(15)9-18(19)22(28)29-2/h3-10,12H,11H2,1-2H3,(H,24,25,27). The molecule has 0 aliphatic rings. The molecular weight excluding hydrogens is 432 g/mol. The fourth-order valence-corrected chi connectivity index (χ4v) is 3.82. The van der Waals surface area contributed by atoms with Crippen molar-refractivity contribution >= 4 is 45.1 Å². The Morgan fingerprint density at radius 1 is 1.09 bits per heavy atom. The van der Waals surface area contributed by atoms with Crippen LogP contribution < -0.4 is 10.1 Å². The van der Waals surface area contributed by atoms with Gasteiger partial charge in [-0.15, -0.1) is 11.3 Å². The monoisotopic (exact) mass is 450 g/mol. The van der Waals surface area contributed by atoms with E-state index in [1.807, 2.05) is 24.3 Å². The van der Waals surface area contributed by atoms with E-state index in [1.54, 1.807) is 30.5 Å². The maximum Gasteiger partial charge on any atom is 0.341 e. The molecule has 4 aromatic rings. The highest BCUT2D eigenvalue weighted by Crippen LogP contribution is 2.27. The van der Waals surface area contributed by atoms with Crippen molar-refractivity contribution in [3.8, 4) is 5.75 Å². The molecule has 2 heterocycles. The van der Waals surface area contributed by atoms with E-state index >= 15 is 0 Å². The van der Waals surface area contributed by atoms with Gasteiger partial charge in [0.1, 0.15) is 17.1 Å². The van der Waals surface area contributed by atoms with E-state index in [4.69, 9.17) is 13.9 Å². The van der Waals surface area contributed by atoms with Gasteiger partial charge in [-0.25, -0.2) is 9.78 Å². The fourth-order valence-electron chi connectivity index (χ4n) is 3.11. The molecule has 1 N–H and O–H groups in total. The van der Waals surface area contributed by atoms with Gasteiger partial charge in [-0.1, -0.05) is 24.3 Å². The number of hydrogen-bond acceptors (Lipinski definition) is 8. The van der Waals surface area contributed by atoms with E-state index in [0.717, 1.165) is 10.8 Å². The number of esters is 2. The molecule has 0 radical (unpaired) electrons. The summed E-state index contributed by atoms with van der Waals surface area (Å²) in [6, 6.07) is 12.2. The third-order valence-electron chi connectivity index (χ3n) is 4.68. The number of carbonyl (C=O) groups excluding carboxylic acids is 3. The van der Waals surface area contributed by atoms with Crippen LogP contribution in [-0.4, -0.2) is 29.9 Å². The van der Waals surface area contributed by atoms with E-state index < -0.39 is 11.9 Å². The van der Waals surface area contributed by atoms with Crippen LogP contribution in [0, 0.1) is 6.92 Å². The number of methoxy groups -OCH3 is 1. The van der Waals surface area contributed by atoms with E-state index in [9.17, 15) is 14.4 Å². The molecule has 0 fully saturated rings. The largest absolute Gasteiger partial charge is 0.469 e. The Kier molecular flexibility index (Phi) is 6.00. The molecule has 0 aliphatic carbocycles. The van der Waals surface area contributed by atoms with Crippen molar-refractivity contribution in [3.05, 3.63) is 76.7 Å². The summed E-state index contributed by atoms with van der Waals surface area (Å²) in [6.45, 7) is 1.69. The lowest BCUT2D eigenvalue weighted by molar-refractivity contribution is -0.133. The SMILES string of the molecule is COC(=O)c1cc2ccccc2cc1OC(=O)Cc1csc(NC(=O)c2ccoc2C)n1. The van der Waals surface area contributed by atoms with Crippen LogP contribution in [0.5, 0.6) is 5.75 Å². The number of benzene rings is 2. The highest BCUT2D eigenvalue weighted by molar-refractivity contribution is 7.14. The van der Waals surface area contributed by atoms with Gasteiger partial charge in [-0.2, -0.15) is 0 Å². The molecule has 0 aliphatic heterocycles. The van der Waals surface area contributed by atoms with Gasteiger partial charge in [0.05, 0.1) is 31.1 Å². The third kappa shape index (κ3) is 4.52. The summed E-state index contributed by atoms with van der Waals surface area (Å²) in [5.74, 6) is -0.941. The fraction of sp³-hybridized carbons (Fsp3) is 0.130. The number of rotatable bonds is 6. The number of furan rings is 1. The zero-order chi connectivity index (χ0) is 22.7.